The number of aromatic nitrogens is 1. The van der Waals surface area contributed by atoms with E-state index in [-0.39, 0.29) is 5.69 Å². The minimum atomic E-state index is -4.72. The Morgan fingerprint density at radius 2 is 1.82 bits per heavy atom. The Labute approximate surface area is 224 Å². The molecule has 0 saturated carbocycles. The molecule has 0 spiro atoms. The van der Waals surface area contributed by atoms with E-state index in [1.54, 1.807) is 13.8 Å². The molecule has 2 aliphatic rings. The lowest BCUT2D eigenvalue weighted by atomic mass is 9.67. The minimum Gasteiger partial charge on any atom is -0.480 e. The molecule has 4 rings (SSSR count). The Morgan fingerprint density at radius 3 is 2.36 bits per heavy atom. The monoisotopic (exact) mass is 542 g/mol. The Kier molecular flexibility index (Phi) is 8.09. The molecule has 2 bridgehead atoms. The highest BCUT2D eigenvalue weighted by Crippen LogP contribution is 2.57. The molecule has 2 unspecified atom stereocenters. The summed E-state index contributed by atoms with van der Waals surface area (Å²) in [7, 11) is 2.88. The van der Waals surface area contributed by atoms with Crippen LogP contribution in [0.2, 0.25) is 0 Å². The summed E-state index contributed by atoms with van der Waals surface area (Å²) in [4.78, 5) is 29.9. The van der Waals surface area contributed by atoms with Crippen molar-refractivity contribution in [2.45, 2.75) is 57.9 Å². The number of pyridine rings is 1. The smallest absolute Gasteiger partial charge is 0.417 e. The van der Waals surface area contributed by atoms with E-state index in [1.165, 1.54) is 26.3 Å². The number of nitriles is 2. The summed E-state index contributed by atoms with van der Waals surface area (Å²) < 4.78 is 50.6. The van der Waals surface area contributed by atoms with Gasteiger partial charge >= 0.3 is 6.18 Å². The number of halogens is 3. The molecule has 2 saturated heterocycles. The number of anilines is 1. The number of benzene rings is 1. The fourth-order valence-corrected chi connectivity index (χ4v) is 5.45. The maximum atomic E-state index is 13.2. The highest BCUT2D eigenvalue weighted by molar-refractivity contribution is 5.97. The van der Waals surface area contributed by atoms with Gasteiger partial charge in [-0.25, -0.2) is 4.98 Å². The van der Waals surface area contributed by atoms with Gasteiger partial charge in [-0.1, -0.05) is 0 Å². The molecule has 2 fully saturated rings. The third kappa shape index (κ3) is 5.45. The Morgan fingerprint density at radius 1 is 1.18 bits per heavy atom. The van der Waals surface area contributed by atoms with Crippen molar-refractivity contribution < 1.29 is 32.2 Å². The number of hydrogen-bond acceptors (Lipinski definition) is 7. The zero-order chi connectivity index (χ0) is 29.3. The number of carbonyl (C=O) groups is 2. The average Bonchev–Trinajstić information content (AvgIpc) is 3.32. The van der Waals surface area contributed by atoms with Crippen LogP contribution in [0.25, 0.3) is 0 Å². The number of alkyl halides is 3. The van der Waals surface area contributed by atoms with Crippen molar-refractivity contribution in [2.75, 3.05) is 19.1 Å². The van der Waals surface area contributed by atoms with Crippen molar-refractivity contribution in [3.05, 3.63) is 52.2 Å². The summed E-state index contributed by atoms with van der Waals surface area (Å²) in [6.07, 6.45) is -2.76. The van der Waals surface area contributed by atoms with Crippen molar-refractivity contribution in [3.8, 4) is 18.0 Å². The molecule has 0 aliphatic carbocycles. The van der Waals surface area contributed by atoms with E-state index >= 15 is 0 Å². The third-order valence-electron chi connectivity index (χ3n) is 7.48. The number of aldehydes is 1. The van der Waals surface area contributed by atoms with Gasteiger partial charge in [0.2, 0.25) is 11.8 Å². The van der Waals surface area contributed by atoms with E-state index in [4.69, 9.17) is 20.0 Å². The standard InChI is InChI=1S/C19H19F3N2O3.C9H10N2O/c1-17-6-7-18(2,27-17)15(14(17)10-25)16(26)24(3)12-5-4-11(9-23)13(8-12)19(20,21)22;1-6-4-7(2)11-9(12-3)8(6)5-10/h4-5,8,10,14-15H,6-7H2,1-3H3;4H,1-3H3/t14-,15-,17?,18?;/m1./s1. The lowest BCUT2D eigenvalue weighted by Crippen LogP contribution is -2.49. The fraction of sp³-hybridized carbons (Fsp3) is 0.464. The van der Waals surface area contributed by atoms with Gasteiger partial charge in [0.05, 0.1) is 47.3 Å². The van der Waals surface area contributed by atoms with E-state index in [0.29, 0.717) is 30.6 Å². The van der Waals surface area contributed by atoms with Crippen molar-refractivity contribution in [1.29, 1.82) is 10.5 Å². The van der Waals surface area contributed by atoms with Gasteiger partial charge in [-0.2, -0.15) is 23.7 Å². The second-order valence-corrected chi connectivity index (χ2v) is 10.2. The lowest BCUT2D eigenvalue weighted by molar-refractivity contribution is -0.138. The van der Waals surface area contributed by atoms with Crippen molar-refractivity contribution in [3.63, 3.8) is 0 Å². The maximum absolute atomic E-state index is 13.2. The van der Waals surface area contributed by atoms with Gasteiger partial charge in [-0.3, -0.25) is 4.79 Å². The quantitative estimate of drug-likeness (QED) is 0.505. The molecule has 206 valence electrons. The van der Waals surface area contributed by atoms with E-state index in [9.17, 15) is 22.8 Å². The highest BCUT2D eigenvalue weighted by Gasteiger charge is 2.65. The Hall–Kier alpha value is -3.96. The number of rotatable bonds is 4. The summed E-state index contributed by atoms with van der Waals surface area (Å²) in [6.45, 7) is 7.29. The molecule has 2 aliphatic heterocycles. The zero-order valence-corrected chi connectivity index (χ0v) is 22.5. The molecular formula is C28H29F3N4O4. The molecule has 4 atom stereocenters. The summed E-state index contributed by atoms with van der Waals surface area (Å²) in [6, 6.07) is 8.54. The Bertz CT molecular complexity index is 1380. The van der Waals surface area contributed by atoms with Crippen molar-refractivity contribution >= 4 is 17.9 Å². The molecule has 39 heavy (non-hydrogen) atoms. The van der Waals surface area contributed by atoms with Crippen LogP contribution in [0, 0.1) is 48.3 Å². The number of methoxy groups -OCH3 is 1. The first kappa shape index (κ1) is 29.6. The summed E-state index contributed by atoms with van der Waals surface area (Å²) in [5.41, 5.74) is -0.886. The first-order chi connectivity index (χ1) is 18.2. The fourth-order valence-electron chi connectivity index (χ4n) is 5.45. The topological polar surface area (TPSA) is 116 Å². The van der Waals surface area contributed by atoms with Crippen LogP contribution in [0.3, 0.4) is 0 Å². The van der Waals surface area contributed by atoms with Gasteiger partial charge in [-0.15, -0.1) is 0 Å². The maximum Gasteiger partial charge on any atom is 0.417 e. The number of fused-ring (bicyclic) bond motifs is 2. The molecule has 0 radical (unpaired) electrons. The number of aryl methyl sites for hydroxylation is 2. The number of hydrogen-bond donors (Lipinski definition) is 0. The lowest BCUT2D eigenvalue weighted by Gasteiger charge is -2.35. The molecule has 3 heterocycles. The Balaban J connectivity index is 0.000000293. The van der Waals surface area contributed by atoms with Gasteiger partial charge in [-0.05, 0) is 70.4 Å². The van der Waals surface area contributed by atoms with Crippen LogP contribution in [-0.4, -0.2) is 42.5 Å². The van der Waals surface area contributed by atoms with E-state index in [2.05, 4.69) is 11.1 Å². The van der Waals surface area contributed by atoms with E-state index < -0.39 is 46.2 Å². The number of carbonyl (C=O) groups excluding carboxylic acids is 2. The van der Waals surface area contributed by atoms with Gasteiger partial charge in [0.15, 0.2) is 0 Å². The first-order valence-electron chi connectivity index (χ1n) is 12.1. The van der Waals surface area contributed by atoms with Crippen LogP contribution in [0.5, 0.6) is 5.88 Å². The highest BCUT2D eigenvalue weighted by atomic mass is 19.4. The van der Waals surface area contributed by atoms with Crippen LogP contribution >= 0.6 is 0 Å². The first-order valence-corrected chi connectivity index (χ1v) is 12.1. The van der Waals surface area contributed by atoms with Crippen LogP contribution < -0.4 is 9.64 Å². The zero-order valence-electron chi connectivity index (χ0n) is 22.5. The van der Waals surface area contributed by atoms with Crippen molar-refractivity contribution in [2.24, 2.45) is 11.8 Å². The van der Waals surface area contributed by atoms with Gasteiger partial charge in [0.1, 0.15) is 17.9 Å². The van der Waals surface area contributed by atoms with E-state index in [0.717, 1.165) is 28.3 Å². The van der Waals surface area contributed by atoms with Gasteiger partial charge in [0, 0.05) is 18.4 Å². The molecule has 11 heteroatoms. The molecule has 1 aromatic heterocycles. The van der Waals surface area contributed by atoms with Crippen LogP contribution in [-0.2, 0) is 20.5 Å². The molecule has 2 aromatic rings. The summed E-state index contributed by atoms with van der Waals surface area (Å²) >= 11 is 0. The van der Waals surface area contributed by atoms with Crippen LogP contribution in [0.4, 0.5) is 18.9 Å². The minimum absolute atomic E-state index is 0.00694. The predicted molar refractivity (Wildman–Crippen MR) is 135 cm³/mol. The van der Waals surface area contributed by atoms with Gasteiger partial charge < -0.3 is 19.2 Å². The molecule has 0 N–H and O–H groups in total. The second-order valence-electron chi connectivity index (χ2n) is 10.2. The number of nitrogens with zero attached hydrogens (tertiary/aromatic N) is 4. The SMILES string of the molecule is CN(C(=O)[C@H]1[C@@H](C=O)C2(C)CCC1(C)O2)c1ccc(C#N)c(C(F)(F)F)c1.COc1nc(C)cc(C)c1C#N. The van der Waals surface area contributed by atoms with Crippen LogP contribution in [0.15, 0.2) is 24.3 Å². The molecule has 8 nitrogen and oxygen atoms in total. The van der Waals surface area contributed by atoms with Crippen LogP contribution in [0.1, 0.15) is 54.6 Å². The van der Waals surface area contributed by atoms with E-state index in [1.807, 2.05) is 19.9 Å². The van der Waals surface area contributed by atoms with Gasteiger partial charge in [0.25, 0.3) is 0 Å². The average molecular weight is 543 g/mol. The molecule has 1 amide bonds. The molecule has 1 aromatic carbocycles. The summed E-state index contributed by atoms with van der Waals surface area (Å²) in [5.74, 6) is -1.50. The number of ether oxygens (including phenoxy) is 2. The third-order valence-corrected chi connectivity index (χ3v) is 7.48. The predicted octanol–water partition coefficient (Wildman–Crippen LogP) is 4.89. The summed E-state index contributed by atoms with van der Waals surface area (Å²) in [5, 5.41) is 17.7. The normalized spacial score (nSPS) is 25.1. The largest absolute Gasteiger partial charge is 0.480 e. The number of amides is 1. The van der Waals surface area contributed by atoms with Crippen molar-refractivity contribution in [1.82, 2.24) is 4.98 Å². The molecular weight excluding hydrogens is 513 g/mol. The second kappa shape index (κ2) is 10.7.